The van der Waals surface area contributed by atoms with E-state index in [0.29, 0.717) is 36.7 Å². The van der Waals surface area contributed by atoms with Crippen molar-refractivity contribution in [2.24, 2.45) is 35.0 Å². The summed E-state index contributed by atoms with van der Waals surface area (Å²) in [6, 6.07) is 2.25. The fraction of sp³-hybridized carbons (Fsp3) is 0.610. The number of benzene rings is 2. The van der Waals surface area contributed by atoms with Crippen LogP contribution in [0.15, 0.2) is 34.9 Å². The van der Waals surface area contributed by atoms with E-state index in [1.165, 1.54) is 57.1 Å². The number of ether oxygens (including phenoxy) is 4. The van der Waals surface area contributed by atoms with Crippen molar-refractivity contribution in [3.05, 3.63) is 51.6 Å². The van der Waals surface area contributed by atoms with E-state index in [1.807, 2.05) is 0 Å². The largest absolute Gasteiger partial charge is 0.507 e. The van der Waals surface area contributed by atoms with E-state index in [0.717, 1.165) is 37.2 Å². The van der Waals surface area contributed by atoms with Crippen molar-refractivity contribution in [1.29, 1.82) is 0 Å². The highest BCUT2D eigenvalue weighted by atomic mass is 16.7. The molecule has 0 aromatic heterocycles. The van der Waals surface area contributed by atoms with Crippen molar-refractivity contribution in [3.8, 4) is 17.2 Å². The summed E-state index contributed by atoms with van der Waals surface area (Å²) in [4.78, 5) is 24.7. The molecule has 2 aromatic carbocycles. The van der Waals surface area contributed by atoms with Gasteiger partial charge in [0.25, 0.3) is 0 Å². The minimum absolute atomic E-state index is 0.0159. The number of hydrogen-bond acceptors (Lipinski definition) is 11. The molecule has 0 amide bonds. The Balaban J connectivity index is 1.09. The second-order valence-corrected chi connectivity index (χ2v) is 16.9. The second-order valence-electron chi connectivity index (χ2n) is 16.9. The molecule has 2 spiro atoms. The van der Waals surface area contributed by atoms with Crippen molar-refractivity contribution < 1.29 is 59.2 Å². The number of hydrogen-bond donors (Lipinski definition) is 6. The average molecular weight is 733 g/mol. The van der Waals surface area contributed by atoms with Crippen LogP contribution < -0.4 is 4.74 Å². The van der Waals surface area contributed by atoms with Gasteiger partial charge in [-0.2, -0.15) is 0 Å². The number of carbonyl (C=O) groups excluding carboxylic acids is 1. The summed E-state index contributed by atoms with van der Waals surface area (Å²) in [6.45, 7) is 3.74. The summed E-state index contributed by atoms with van der Waals surface area (Å²) < 4.78 is 25.5. The summed E-state index contributed by atoms with van der Waals surface area (Å²) in [7, 11) is 0. The molecule has 0 radical (unpaired) electrons. The number of aliphatic hydroxyl groups excluding tert-OH is 3. The maximum atomic E-state index is 12.5. The van der Waals surface area contributed by atoms with Crippen LogP contribution in [0.3, 0.4) is 0 Å². The van der Waals surface area contributed by atoms with Crippen LogP contribution in [0.4, 0.5) is 0 Å². The lowest BCUT2D eigenvalue weighted by Crippen LogP contribution is -2.69. The molecule has 12 heteroatoms. The standard InChI is InChI=1S/C41H48O12/c1-18-30(19(2)43)35(45)33-24(34(18)44)9-21(38(48)49)10-28(33)52-39-36(46)37(47)41(29(14-42)53-39)13-26-25-12-40(7-3-4-8-40)11-22-15-50-17-27(32(22)25)23-6-5-20(16-51-41)31(23)26/h6,9-10,22,25-27,29,32,36-37,39,42,44-47H,3-5,7-8,11-17H2,1-2H3,(H,48,49)/t22-,25+,26-,27-,29-,32-,36-,37-,39-,41-/m1/s1. The maximum Gasteiger partial charge on any atom is 0.335 e. The lowest BCUT2D eigenvalue weighted by molar-refractivity contribution is -0.326. The Bertz CT molecular complexity index is 1960. The van der Waals surface area contributed by atoms with Crippen molar-refractivity contribution in [3.63, 3.8) is 0 Å². The maximum absolute atomic E-state index is 12.5. The van der Waals surface area contributed by atoms with Gasteiger partial charge in [-0.25, -0.2) is 4.79 Å². The lowest BCUT2D eigenvalue weighted by atomic mass is 9.48. The smallest absolute Gasteiger partial charge is 0.335 e. The zero-order valence-electron chi connectivity index (χ0n) is 30.0. The van der Waals surface area contributed by atoms with Crippen LogP contribution in [0.25, 0.3) is 10.8 Å². The molecule has 12 nitrogen and oxygen atoms in total. The number of fused-ring (bicyclic) bond motifs is 3. The minimum atomic E-state index is -1.74. The number of carbonyl (C=O) groups is 2. The van der Waals surface area contributed by atoms with Gasteiger partial charge in [0, 0.05) is 23.5 Å². The van der Waals surface area contributed by atoms with Crippen molar-refractivity contribution >= 4 is 22.5 Å². The van der Waals surface area contributed by atoms with Crippen LogP contribution in [0.2, 0.25) is 0 Å². The van der Waals surface area contributed by atoms with Crippen molar-refractivity contribution in [2.45, 2.75) is 95.4 Å². The quantitative estimate of drug-likeness (QED) is 0.186. The molecule has 3 saturated carbocycles. The lowest BCUT2D eigenvalue weighted by Gasteiger charge is -2.59. The molecule has 53 heavy (non-hydrogen) atoms. The van der Waals surface area contributed by atoms with Gasteiger partial charge < -0.3 is 49.6 Å². The number of aliphatic hydroxyl groups is 3. The zero-order chi connectivity index (χ0) is 37.1. The Morgan fingerprint density at radius 2 is 1.79 bits per heavy atom. The Morgan fingerprint density at radius 1 is 1.02 bits per heavy atom. The number of aromatic hydroxyl groups is 2. The van der Waals surface area contributed by atoms with Crippen LogP contribution in [0.5, 0.6) is 17.2 Å². The summed E-state index contributed by atoms with van der Waals surface area (Å²) in [5.41, 5.74) is 2.14. The minimum Gasteiger partial charge on any atom is -0.507 e. The molecule has 0 unspecified atom stereocenters. The normalized spacial score (nSPS) is 37.0. The van der Waals surface area contributed by atoms with Gasteiger partial charge in [-0.1, -0.05) is 18.9 Å². The molecule has 4 aliphatic carbocycles. The Hall–Kier alpha value is -3.52. The number of carboxylic acids is 1. The van der Waals surface area contributed by atoms with Crippen molar-refractivity contribution in [2.75, 3.05) is 26.4 Å². The van der Waals surface area contributed by atoms with Crippen LogP contribution in [0.1, 0.15) is 84.6 Å². The highest BCUT2D eigenvalue weighted by Gasteiger charge is 2.64. The number of ketones is 1. The molecule has 9 rings (SSSR count). The first-order chi connectivity index (χ1) is 25.4. The van der Waals surface area contributed by atoms with Crippen LogP contribution >= 0.6 is 0 Å². The van der Waals surface area contributed by atoms with E-state index in [-0.39, 0.29) is 51.2 Å². The van der Waals surface area contributed by atoms with Gasteiger partial charge in [-0.05, 0) is 110 Å². The first kappa shape index (κ1) is 35.2. The first-order valence-corrected chi connectivity index (χ1v) is 19.1. The van der Waals surface area contributed by atoms with Gasteiger partial charge in [0.05, 0.1) is 36.3 Å². The van der Waals surface area contributed by atoms with Gasteiger partial charge in [-0.15, -0.1) is 0 Å². The molecule has 2 saturated heterocycles. The predicted octanol–water partition coefficient (Wildman–Crippen LogP) is 4.54. The number of aromatic carboxylic acids is 1. The summed E-state index contributed by atoms with van der Waals surface area (Å²) in [5.74, 6) is -1.63. The fourth-order valence-corrected chi connectivity index (χ4v) is 12.1. The summed E-state index contributed by atoms with van der Waals surface area (Å²) in [5, 5.41) is 67.1. The highest BCUT2D eigenvalue weighted by molar-refractivity contribution is 6.11. The predicted molar refractivity (Wildman–Crippen MR) is 189 cm³/mol. The summed E-state index contributed by atoms with van der Waals surface area (Å²) >= 11 is 0. The molecule has 10 atom stereocenters. The third-order valence-electron chi connectivity index (χ3n) is 14.3. The van der Waals surface area contributed by atoms with E-state index in [1.54, 1.807) is 0 Å². The van der Waals surface area contributed by atoms with Gasteiger partial charge in [0.1, 0.15) is 41.2 Å². The SMILES string of the molecule is CC(=O)c1c(C)c(O)c2cc(C(=O)O)cc(O[C@@H]3O[C@H](CO)[C@]4(C[C@H]5C6=C(CC=C6[C@H]6COC[C@H]7CC8(CCCC8)C[C@@H]5[C@@H]76)CO4)[C@H](O)[C@H]3O)c2c1O. The number of rotatable bonds is 5. The van der Waals surface area contributed by atoms with Gasteiger partial charge in [0.2, 0.25) is 6.29 Å². The third kappa shape index (κ3) is 5.09. The van der Waals surface area contributed by atoms with E-state index in [2.05, 4.69) is 6.08 Å². The van der Waals surface area contributed by atoms with E-state index < -0.39 is 60.1 Å². The molecular weight excluding hydrogens is 684 g/mol. The molecule has 5 fully saturated rings. The highest BCUT2D eigenvalue weighted by Crippen LogP contribution is 2.66. The molecular formula is C41H48O12. The van der Waals surface area contributed by atoms with Gasteiger partial charge in [0.15, 0.2) is 5.78 Å². The number of phenols is 2. The zero-order valence-corrected chi connectivity index (χ0v) is 30.0. The fourth-order valence-electron chi connectivity index (χ4n) is 12.1. The van der Waals surface area contributed by atoms with Gasteiger partial charge >= 0.3 is 5.97 Å². The molecule has 3 heterocycles. The topological polar surface area (TPSA) is 192 Å². The number of allylic oxidation sites excluding steroid dienone is 2. The second kappa shape index (κ2) is 12.5. The Kier molecular flexibility index (Phi) is 8.31. The Morgan fingerprint density at radius 3 is 2.51 bits per heavy atom. The number of carboxylic acid groups (broad SMARTS) is 1. The molecule has 3 aliphatic heterocycles. The molecule has 2 aromatic rings. The molecule has 284 valence electrons. The van der Waals surface area contributed by atoms with Crippen LogP contribution in [-0.4, -0.2) is 99.0 Å². The first-order valence-electron chi connectivity index (χ1n) is 19.1. The van der Waals surface area contributed by atoms with Gasteiger partial charge in [-0.3, -0.25) is 4.79 Å². The van der Waals surface area contributed by atoms with E-state index in [4.69, 9.17) is 18.9 Å². The number of phenolic OH excluding ortho intramolecular Hbond substituents is 2. The van der Waals surface area contributed by atoms with Crippen molar-refractivity contribution in [1.82, 2.24) is 0 Å². The van der Waals surface area contributed by atoms with E-state index >= 15 is 0 Å². The monoisotopic (exact) mass is 732 g/mol. The molecule has 0 bridgehead atoms. The van der Waals surface area contributed by atoms with E-state index in [9.17, 15) is 40.2 Å². The summed E-state index contributed by atoms with van der Waals surface area (Å²) in [6.07, 6.45) is 4.41. The number of Topliss-reactive ketones (excluding diaryl/α,β-unsaturated/α-hetero) is 1. The third-order valence-corrected chi connectivity index (χ3v) is 14.3. The Labute approximate surface area is 307 Å². The average Bonchev–Trinajstić information content (AvgIpc) is 3.73. The van der Waals surface area contributed by atoms with Crippen LogP contribution in [-0.2, 0) is 14.2 Å². The molecule has 6 N–H and O–H groups in total. The molecule has 7 aliphatic rings. The van der Waals surface area contributed by atoms with Crippen LogP contribution in [0, 0.1) is 41.9 Å².